The van der Waals surface area contributed by atoms with Crippen LogP contribution in [0.3, 0.4) is 0 Å². The van der Waals surface area contributed by atoms with Crippen LogP contribution in [0.4, 0.5) is 14.5 Å². The first-order valence-corrected chi connectivity index (χ1v) is 9.27. The van der Waals surface area contributed by atoms with Crippen molar-refractivity contribution in [2.24, 2.45) is 0 Å². The zero-order chi connectivity index (χ0) is 18.5. The fraction of sp³-hybridized carbons (Fsp3) is 0.263. The van der Waals surface area contributed by atoms with Crippen molar-refractivity contribution in [3.63, 3.8) is 0 Å². The second kappa shape index (κ2) is 8.31. The fourth-order valence-corrected chi connectivity index (χ4v) is 3.56. The van der Waals surface area contributed by atoms with E-state index in [1.54, 1.807) is 4.90 Å². The molecule has 0 saturated carbocycles. The zero-order valence-corrected chi connectivity index (χ0v) is 14.8. The van der Waals surface area contributed by atoms with Crippen molar-refractivity contribution >= 4 is 29.3 Å². The van der Waals surface area contributed by atoms with Gasteiger partial charge in [0.1, 0.15) is 6.04 Å². The lowest BCUT2D eigenvalue weighted by atomic mass is 10.0. The Morgan fingerprint density at radius 3 is 2.65 bits per heavy atom. The standard InChI is InChI=1S/C19H18F2N2O2S/c20-15-9-8-14(11-16(15)21)26-12-18(24)22-17-7-4-10-23(19(17)25)13-5-2-1-3-6-13/h1-3,5-6,8-9,11,17H,4,7,10,12H2,(H,22,24). The Balaban J connectivity index is 1.56. The van der Waals surface area contributed by atoms with Crippen LogP contribution in [0.5, 0.6) is 0 Å². The Morgan fingerprint density at radius 2 is 1.92 bits per heavy atom. The van der Waals surface area contributed by atoms with Gasteiger partial charge in [-0.3, -0.25) is 9.59 Å². The van der Waals surface area contributed by atoms with Crippen LogP contribution in [0.2, 0.25) is 0 Å². The number of carbonyl (C=O) groups excluding carboxylic acids is 2. The Bertz CT molecular complexity index is 801. The molecule has 2 amide bonds. The van der Waals surface area contributed by atoms with Crippen LogP contribution < -0.4 is 10.2 Å². The number of nitrogens with one attached hydrogen (secondary N) is 1. The highest BCUT2D eigenvalue weighted by Gasteiger charge is 2.30. The number of hydrogen-bond donors (Lipinski definition) is 1. The molecule has 1 unspecified atom stereocenters. The molecule has 1 N–H and O–H groups in total. The number of nitrogens with zero attached hydrogens (tertiary/aromatic N) is 1. The van der Waals surface area contributed by atoms with Crippen LogP contribution in [0.25, 0.3) is 0 Å². The van der Waals surface area contributed by atoms with Gasteiger partial charge in [-0.15, -0.1) is 11.8 Å². The Hall–Kier alpha value is -2.41. The minimum Gasteiger partial charge on any atom is -0.344 e. The Morgan fingerprint density at radius 1 is 1.15 bits per heavy atom. The van der Waals surface area contributed by atoms with Crippen molar-refractivity contribution in [3.05, 3.63) is 60.2 Å². The first-order chi connectivity index (χ1) is 12.5. The zero-order valence-electron chi connectivity index (χ0n) is 14.0. The molecule has 1 atom stereocenters. The summed E-state index contributed by atoms with van der Waals surface area (Å²) in [5.41, 5.74) is 0.813. The minimum absolute atomic E-state index is 0.0280. The van der Waals surface area contributed by atoms with Gasteiger partial charge in [-0.25, -0.2) is 8.78 Å². The summed E-state index contributed by atoms with van der Waals surface area (Å²) in [7, 11) is 0. The average Bonchev–Trinajstić information content (AvgIpc) is 2.65. The van der Waals surface area contributed by atoms with Crippen molar-refractivity contribution in [2.75, 3.05) is 17.2 Å². The molecule has 26 heavy (non-hydrogen) atoms. The van der Waals surface area contributed by atoms with Crippen LogP contribution in [0.1, 0.15) is 12.8 Å². The van der Waals surface area contributed by atoms with E-state index in [2.05, 4.69) is 5.32 Å². The largest absolute Gasteiger partial charge is 0.344 e. The van der Waals surface area contributed by atoms with Crippen LogP contribution in [0, 0.1) is 11.6 Å². The first kappa shape index (κ1) is 18.4. The van der Waals surface area contributed by atoms with Crippen LogP contribution in [-0.4, -0.2) is 30.2 Å². The van der Waals surface area contributed by atoms with Gasteiger partial charge in [0.15, 0.2) is 11.6 Å². The summed E-state index contributed by atoms with van der Waals surface area (Å²) in [6, 6.07) is 12.3. The highest BCUT2D eigenvalue weighted by molar-refractivity contribution is 8.00. The predicted octanol–water partition coefficient (Wildman–Crippen LogP) is 3.37. The minimum atomic E-state index is -0.948. The lowest BCUT2D eigenvalue weighted by molar-refractivity contribution is -0.127. The highest BCUT2D eigenvalue weighted by Crippen LogP contribution is 2.22. The summed E-state index contributed by atoms with van der Waals surface area (Å²) in [6.45, 7) is 0.624. The number of anilines is 1. The number of para-hydroxylation sites is 1. The van der Waals surface area contributed by atoms with E-state index in [0.29, 0.717) is 17.9 Å². The fourth-order valence-electron chi connectivity index (χ4n) is 2.83. The van der Waals surface area contributed by atoms with E-state index in [1.165, 1.54) is 6.07 Å². The Kier molecular flexibility index (Phi) is 5.88. The number of carbonyl (C=O) groups is 2. The summed E-state index contributed by atoms with van der Waals surface area (Å²) in [4.78, 5) is 26.9. The van der Waals surface area contributed by atoms with Crippen molar-refractivity contribution < 1.29 is 18.4 Å². The van der Waals surface area contributed by atoms with Gasteiger partial charge in [-0.1, -0.05) is 18.2 Å². The molecule has 0 aliphatic carbocycles. The average molecular weight is 376 g/mol. The first-order valence-electron chi connectivity index (χ1n) is 8.28. The van der Waals surface area contributed by atoms with Gasteiger partial charge >= 0.3 is 0 Å². The smallest absolute Gasteiger partial charge is 0.249 e. The van der Waals surface area contributed by atoms with Gasteiger partial charge in [0.2, 0.25) is 11.8 Å². The molecule has 1 aliphatic rings. The quantitative estimate of drug-likeness (QED) is 0.814. The van der Waals surface area contributed by atoms with Gasteiger partial charge in [-0.05, 0) is 43.2 Å². The summed E-state index contributed by atoms with van der Waals surface area (Å²) >= 11 is 1.09. The molecule has 1 fully saturated rings. The molecule has 1 heterocycles. The van der Waals surface area contributed by atoms with E-state index in [1.807, 2.05) is 30.3 Å². The number of piperidine rings is 1. The van der Waals surface area contributed by atoms with Gasteiger partial charge < -0.3 is 10.2 Å². The normalized spacial score (nSPS) is 17.2. The van der Waals surface area contributed by atoms with Crippen LogP contribution in [0.15, 0.2) is 53.4 Å². The SMILES string of the molecule is O=C(CSc1ccc(F)c(F)c1)NC1CCCN(c2ccccc2)C1=O. The molecule has 4 nitrogen and oxygen atoms in total. The van der Waals surface area contributed by atoms with Crippen LogP contribution >= 0.6 is 11.8 Å². The number of amides is 2. The van der Waals surface area contributed by atoms with Gasteiger partial charge in [-0.2, -0.15) is 0 Å². The molecule has 0 aromatic heterocycles. The lowest BCUT2D eigenvalue weighted by Crippen LogP contribution is -2.52. The molecule has 0 spiro atoms. The summed E-state index contributed by atoms with van der Waals surface area (Å²) < 4.78 is 26.1. The number of hydrogen-bond acceptors (Lipinski definition) is 3. The number of halogens is 2. The monoisotopic (exact) mass is 376 g/mol. The summed E-state index contributed by atoms with van der Waals surface area (Å²) in [5, 5.41) is 2.75. The number of thioether (sulfide) groups is 1. The number of benzene rings is 2. The van der Waals surface area contributed by atoms with Gasteiger partial charge in [0.05, 0.1) is 5.75 Å². The third kappa shape index (κ3) is 4.40. The third-order valence-electron chi connectivity index (χ3n) is 4.10. The molecule has 2 aromatic carbocycles. The van der Waals surface area contributed by atoms with E-state index in [9.17, 15) is 18.4 Å². The second-order valence-corrected chi connectivity index (χ2v) is 7.00. The van der Waals surface area contributed by atoms with Crippen LogP contribution in [-0.2, 0) is 9.59 Å². The molecule has 136 valence electrons. The highest BCUT2D eigenvalue weighted by atomic mass is 32.2. The second-order valence-electron chi connectivity index (χ2n) is 5.95. The van der Waals surface area contributed by atoms with E-state index >= 15 is 0 Å². The maximum absolute atomic E-state index is 13.2. The van der Waals surface area contributed by atoms with Crippen molar-refractivity contribution in [3.8, 4) is 0 Å². The molecule has 2 aromatic rings. The molecular formula is C19H18F2N2O2S. The molecule has 0 bridgehead atoms. The third-order valence-corrected chi connectivity index (χ3v) is 5.10. The molecule has 1 saturated heterocycles. The molecule has 0 radical (unpaired) electrons. The van der Waals surface area contributed by atoms with Gasteiger partial charge in [0, 0.05) is 17.1 Å². The van der Waals surface area contributed by atoms with E-state index < -0.39 is 17.7 Å². The summed E-state index contributed by atoms with van der Waals surface area (Å²) in [5.74, 6) is -2.29. The van der Waals surface area contributed by atoms with E-state index in [4.69, 9.17) is 0 Å². The maximum atomic E-state index is 13.2. The molecular weight excluding hydrogens is 358 g/mol. The molecule has 1 aliphatic heterocycles. The number of rotatable bonds is 5. The summed E-state index contributed by atoms with van der Waals surface area (Å²) in [6.07, 6.45) is 1.38. The predicted molar refractivity (Wildman–Crippen MR) is 97.0 cm³/mol. The van der Waals surface area contributed by atoms with Gasteiger partial charge in [0.25, 0.3) is 0 Å². The molecule has 7 heteroatoms. The van der Waals surface area contributed by atoms with Crippen molar-refractivity contribution in [2.45, 2.75) is 23.8 Å². The maximum Gasteiger partial charge on any atom is 0.249 e. The van der Waals surface area contributed by atoms with E-state index in [-0.39, 0.29) is 17.6 Å². The topological polar surface area (TPSA) is 49.4 Å². The molecule has 3 rings (SSSR count). The van der Waals surface area contributed by atoms with Crippen molar-refractivity contribution in [1.29, 1.82) is 0 Å². The lowest BCUT2D eigenvalue weighted by Gasteiger charge is -2.32. The Labute approximate surface area is 154 Å². The van der Waals surface area contributed by atoms with E-state index in [0.717, 1.165) is 36.0 Å². The van der Waals surface area contributed by atoms with Crippen molar-refractivity contribution in [1.82, 2.24) is 5.32 Å².